The van der Waals surface area contributed by atoms with Crippen LogP contribution in [0.25, 0.3) is 0 Å². The zero-order chi connectivity index (χ0) is 15.2. The fourth-order valence-corrected chi connectivity index (χ4v) is 2.72. The lowest BCUT2D eigenvalue weighted by molar-refractivity contribution is -0.384. The number of rotatable bonds is 4. The zero-order valence-corrected chi connectivity index (χ0v) is 12.1. The van der Waals surface area contributed by atoms with Crippen LogP contribution < -0.4 is 5.32 Å². The van der Waals surface area contributed by atoms with Gasteiger partial charge in [-0.2, -0.15) is 0 Å². The summed E-state index contributed by atoms with van der Waals surface area (Å²) in [5, 5.41) is 13.3. The van der Waals surface area contributed by atoms with Crippen molar-refractivity contribution < 1.29 is 14.5 Å². The maximum Gasteiger partial charge on any atom is 0.269 e. The number of hydrogen-bond donors (Lipinski definition) is 1. The van der Waals surface area contributed by atoms with Crippen molar-refractivity contribution in [3.05, 3.63) is 34.4 Å². The number of amides is 2. The number of thioether (sulfide) groups is 1. The second-order valence-corrected chi connectivity index (χ2v) is 5.57. The van der Waals surface area contributed by atoms with E-state index >= 15 is 0 Å². The van der Waals surface area contributed by atoms with E-state index in [4.69, 9.17) is 0 Å². The lowest BCUT2D eigenvalue weighted by Crippen LogP contribution is -2.35. The monoisotopic (exact) mass is 309 g/mol. The Kier molecular flexibility index (Phi) is 5.15. The number of nitrogens with one attached hydrogen (secondary N) is 1. The van der Waals surface area contributed by atoms with E-state index in [-0.39, 0.29) is 23.3 Å². The number of nitrogens with zero attached hydrogens (tertiary/aromatic N) is 2. The number of hydrogen-bond acceptors (Lipinski definition) is 5. The van der Waals surface area contributed by atoms with Crippen molar-refractivity contribution in [2.75, 3.05) is 25.4 Å². The first kappa shape index (κ1) is 15.3. The van der Waals surface area contributed by atoms with Crippen molar-refractivity contribution in [1.82, 2.24) is 10.2 Å². The summed E-state index contributed by atoms with van der Waals surface area (Å²) in [6.07, 6.45) is 0.327. The molecule has 1 saturated heterocycles. The van der Waals surface area contributed by atoms with E-state index in [2.05, 4.69) is 5.32 Å². The van der Waals surface area contributed by atoms with Gasteiger partial charge in [0.15, 0.2) is 0 Å². The molecule has 0 saturated carbocycles. The summed E-state index contributed by atoms with van der Waals surface area (Å²) in [4.78, 5) is 35.8. The quantitative estimate of drug-likeness (QED) is 0.509. The maximum atomic E-state index is 12.1. The van der Waals surface area contributed by atoms with Crippen LogP contribution in [-0.4, -0.2) is 47.0 Å². The minimum absolute atomic E-state index is 0.0304. The Morgan fingerprint density at radius 1 is 1.33 bits per heavy atom. The minimum atomic E-state index is -0.457. The van der Waals surface area contributed by atoms with Gasteiger partial charge in [0, 0.05) is 43.1 Å². The van der Waals surface area contributed by atoms with E-state index in [1.807, 2.05) is 0 Å². The van der Waals surface area contributed by atoms with E-state index in [0.29, 0.717) is 26.1 Å². The normalized spacial score (nSPS) is 15.2. The van der Waals surface area contributed by atoms with Crippen LogP contribution in [0.2, 0.25) is 0 Å². The molecule has 1 heterocycles. The predicted octanol–water partition coefficient (Wildman–Crippen LogP) is 1.04. The van der Waals surface area contributed by atoms with Gasteiger partial charge in [0.2, 0.25) is 11.8 Å². The van der Waals surface area contributed by atoms with E-state index in [0.717, 1.165) is 4.90 Å². The zero-order valence-electron chi connectivity index (χ0n) is 11.3. The van der Waals surface area contributed by atoms with Gasteiger partial charge in [-0.25, -0.2) is 0 Å². The smallest absolute Gasteiger partial charge is 0.269 e. The molecule has 0 aliphatic carbocycles. The lowest BCUT2D eigenvalue weighted by Gasteiger charge is -2.19. The summed E-state index contributed by atoms with van der Waals surface area (Å²) in [7, 11) is 0. The Bertz CT molecular complexity index is 547. The third-order valence-electron chi connectivity index (χ3n) is 3.08. The molecule has 2 amide bonds. The fraction of sp³-hybridized carbons (Fsp3) is 0.385. The van der Waals surface area contributed by atoms with Crippen LogP contribution in [0.5, 0.6) is 0 Å². The summed E-state index contributed by atoms with van der Waals surface area (Å²) >= 11 is 1.33. The van der Waals surface area contributed by atoms with E-state index in [9.17, 15) is 19.7 Å². The van der Waals surface area contributed by atoms with E-state index in [1.165, 1.54) is 23.9 Å². The Labute approximate surface area is 125 Å². The molecule has 112 valence electrons. The third-order valence-corrected chi connectivity index (χ3v) is 4.07. The highest BCUT2D eigenvalue weighted by Gasteiger charge is 2.18. The number of carbonyl (C=O) groups is 2. The molecule has 0 aromatic heterocycles. The van der Waals surface area contributed by atoms with Gasteiger partial charge in [-0.3, -0.25) is 19.7 Å². The second-order valence-electron chi connectivity index (χ2n) is 4.52. The van der Waals surface area contributed by atoms with Crippen molar-refractivity contribution >= 4 is 29.3 Å². The average Bonchev–Trinajstić information content (AvgIpc) is 2.70. The molecule has 0 spiro atoms. The van der Waals surface area contributed by atoms with Crippen molar-refractivity contribution in [1.29, 1.82) is 0 Å². The molecule has 0 unspecified atom stereocenters. The van der Waals surface area contributed by atoms with Gasteiger partial charge < -0.3 is 10.2 Å². The molecular weight excluding hydrogens is 294 g/mol. The topological polar surface area (TPSA) is 92.5 Å². The molecule has 0 atom stereocenters. The standard InChI is InChI=1S/C13H15N3O4S/c17-12-5-7-15(8-6-14-12)13(18)9-21-11-3-1-10(2-4-11)16(19)20/h1-4H,5-9H2,(H,14,17). The molecular formula is C13H15N3O4S. The molecule has 1 aromatic carbocycles. The van der Waals surface area contributed by atoms with Gasteiger partial charge in [0.05, 0.1) is 10.7 Å². The molecule has 1 N–H and O–H groups in total. The highest BCUT2D eigenvalue weighted by Crippen LogP contribution is 2.21. The summed E-state index contributed by atoms with van der Waals surface area (Å²) in [6.45, 7) is 1.43. The van der Waals surface area contributed by atoms with Gasteiger partial charge in [-0.05, 0) is 12.1 Å². The number of nitro groups is 1. The SMILES string of the molecule is O=C1CCN(C(=O)CSc2ccc([N+](=O)[O-])cc2)CCN1. The highest BCUT2D eigenvalue weighted by molar-refractivity contribution is 8.00. The second kappa shape index (κ2) is 7.07. The van der Waals surface area contributed by atoms with Gasteiger partial charge >= 0.3 is 0 Å². The first-order valence-electron chi connectivity index (χ1n) is 6.48. The van der Waals surface area contributed by atoms with Crippen LogP contribution >= 0.6 is 11.8 Å². The van der Waals surface area contributed by atoms with Crippen molar-refractivity contribution in [2.24, 2.45) is 0 Å². The van der Waals surface area contributed by atoms with Crippen LogP contribution in [0.15, 0.2) is 29.2 Å². The molecule has 0 radical (unpaired) electrons. The number of nitro benzene ring substituents is 1. The third kappa shape index (κ3) is 4.45. The molecule has 21 heavy (non-hydrogen) atoms. The van der Waals surface area contributed by atoms with Crippen LogP contribution in [0.1, 0.15) is 6.42 Å². The molecule has 2 rings (SSSR count). The summed E-state index contributed by atoms with van der Waals surface area (Å²) in [5.74, 6) is 0.189. The van der Waals surface area contributed by atoms with Crippen LogP contribution in [0.3, 0.4) is 0 Å². The summed E-state index contributed by atoms with van der Waals surface area (Å²) in [5.41, 5.74) is 0.0304. The van der Waals surface area contributed by atoms with Gasteiger partial charge in [0.1, 0.15) is 0 Å². The molecule has 0 bridgehead atoms. The van der Waals surface area contributed by atoms with Gasteiger partial charge in [-0.1, -0.05) is 0 Å². The Hall–Kier alpha value is -2.09. The van der Waals surface area contributed by atoms with Crippen molar-refractivity contribution in [3.8, 4) is 0 Å². The fourth-order valence-electron chi connectivity index (χ4n) is 1.92. The van der Waals surface area contributed by atoms with Crippen LogP contribution in [-0.2, 0) is 9.59 Å². The Morgan fingerprint density at radius 3 is 2.71 bits per heavy atom. The molecule has 1 aliphatic heterocycles. The predicted molar refractivity (Wildman–Crippen MR) is 78.0 cm³/mol. The molecule has 7 nitrogen and oxygen atoms in total. The number of non-ortho nitro benzene ring substituents is 1. The van der Waals surface area contributed by atoms with Crippen LogP contribution in [0, 0.1) is 10.1 Å². The van der Waals surface area contributed by atoms with E-state index < -0.39 is 4.92 Å². The van der Waals surface area contributed by atoms with Gasteiger partial charge in [-0.15, -0.1) is 11.8 Å². The summed E-state index contributed by atoms with van der Waals surface area (Å²) in [6, 6.07) is 6.09. The van der Waals surface area contributed by atoms with Crippen LogP contribution in [0.4, 0.5) is 5.69 Å². The maximum absolute atomic E-state index is 12.1. The molecule has 8 heteroatoms. The average molecular weight is 309 g/mol. The molecule has 1 aromatic rings. The van der Waals surface area contributed by atoms with Crippen molar-refractivity contribution in [2.45, 2.75) is 11.3 Å². The molecule has 1 fully saturated rings. The first-order valence-corrected chi connectivity index (χ1v) is 7.46. The van der Waals surface area contributed by atoms with E-state index in [1.54, 1.807) is 17.0 Å². The number of carbonyl (C=O) groups excluding carboxylic acids is 2. The van der Waals surface area contributed by atoms with Crippen molar-refractivity contribution in [3.63, 3.8) is 0 Å². The number of benzene rings is 1. The summed E-state index contributed by atoms with van der Waals surface area (Å²) < 4.78 is 0. The molecule has 1 aliphatic rings. The minimum Gasteiger partial charge on any atom is -0.354 e. The Balaban J connectivity index is 1.85. The van der Waals surface area contributed by atoms with Gasteiger partial charge in [0.25, 0.3) is 5.69 Å². The first-order chi connectivity index (χ1) is 10.1. The highest BCUT2D eigenvalue weighted by atomic mass is 32.2. The Morgan fingerprint density at radius 2 is 2.05 bits per heavy atom. The largest absolute Gasteiger partial charge is 0.354 e. The lowest BCUT2D eigenvalue weighted by atomic mass is 10.3.